The largest absolute Gasteiger partial charge is 0.374 e. The van der Waals surface area contributed by atoms with Gasteiger partial charge in [0, 0.05) is 0 Å². The molecule has 0 heterocycles. The Morgan fingerprint density at radius 3 is 2.35 bits per heavy atom. The Balaban J connectivity index is 2.54. The predicted molar refractivity (Wildman–Crippen MR) is 81.1 cm³/mol. The van der Waals surface area contributed by atoms with E-state index in [-0.39, 0.29) is 6.61 Å². The van der Waals surface area contributed by atoms with Crippen molar-refractivity contribution in [2.45, 2.75) is 44.6 Å². The second kappa shape index (κ2) is 6.98. The average Bonchev–Trinajstić information content (AvgIpc) is 2.39. The molecular formula is C15H22N2O2S. The Hall–Kier alpha value is -1.22. The van der Waals surface area contributed by atoms with E-state index in [0.717, 1.165) is 5.56 Å². The number of ether oxygens (including phenoxy) is 1. The van der Waals surface area contributed by atoms with Gasteiger partial charge in [-0.15, -0.1) is 0 Å². The molecule has 0 amide bonds. The molecule has 0 aliphatic heterocycles. The standard InChI is InChI=1S/C15H22N2O2S/c1-14(2,3)20(18)17-15(4,11-16)12-19-10-13-8-6-5-7-9-13/h5-9,17H,10,12H2,1-4H3/t15-,20-/m1/s1. The van der Waals surface area contributed by atoms with Crippen molar-refractivity contribution in [3.63, 3.8) is 0 Å². The summed E-state index contributed by atoms with van der Waals surface area (Å²) in [5.74, 6) is 0. The van der Waals surface area contributed by atoms with E-state index < -0.39 is 21.3 Å². The van der Waals surface area contributed by atoms with E-state index in [4.69, 9.17) is 4.74 Å². The summed E-state index contributed by atoms with van der Waals surface area (Å²) in [4.78, 5) is 0. The van der Waals surface area contributed by atoms with E-state index in [1.807, 2.05) is 51.1 Å². The van der Waals surface area contributed by atoms with Crippen molar-refractivity contribution in [1.29, 1.82) is 5.26 Å². The average molecular weight is 294 g/mol. The minimum atomic E-state index is -1.31. The third-order valence-electron chi connectivity index (χ3n) is 2.62. The van der Waals surface area contributed by atoms with Gasteiger partial charge < -0.3 is 4.74 Å². The molecule has 0 aliphatic rings. The van der Waals surface area contributed by atoms with Crippen molar-refractivity contribution >= 4 is 11.0 Å². The Kier molecular flexibility index (Phi) is 5.88. The summed E-state index contributed by atoms with van der Waals surface area (Å²) < 4.78 is 20.1. The first-order chi connectivity index (χ1) is 9.27. The molecule has 2 atom stereocenters. The number of nitrogens with one attached hydrogen (secondary N) is 1. The maximum atomic E-state index is 12.1. The van der Waals surface area contributed by atoms with Gasteiger partial charge in [0.2, 0.25) is 0 Å². The van der Waals surface area contributed by atoms with Crippen molar-refractivity contribution in [3.05, 3.63) is 35.9 Å². The molecule has 1 N–H and O–H groups in total. The van der Waals surface area contributed by atoms with Crippen molar-refractivity contribution in [2.24, 2.45) is 0 Å². The Morgan fingerprint density at radius 1 is 1.25 bits per heavy atom. The van der Waals surface area contributed by atoms with Crippen LogP contribution in [0.4, 0.5) is 0 Å². The summed E-state index contributed by atoms with van der Waals surface area (Å²) in [6.45, 7) is 7.89. The van der Waals surface area contributed by atoms with E-state index in [1.165, 1.54) is 0 Å². The number of rotatable bonds is 6. The summed E-state index contributed by atoms with van der Waals surface area (Å²) in [5, 5.41) is 9.27. The van der Waals surface area contributed by atoms with Crippen LogP contribution >= 0.6 is 0 Å². The van der Waals surface area contributed by atoms with Crippen LogP contribution in [0.25, 0.3) is 0 Å². The Bertz CT molecular complexity index is 491. The fourth-order valence-electron chi connectivity index (χ4n) is 1.39. The molecule has 20 heavy (non-hydrogen) atoms. The van der Waals surface area contributed by atoms with Gasteiger partial charge in [0.15, 0.2) is 0 Å². The number of nitriles is 1. The quantitative estimate of drug-likeness (QED) is 0.877. The molecule has 0 aromatic heterocycles. The summed E-state index contributed by atoms with van der Waals surface area (Å²) in [6.07, 6.45) is 0. The molecule has 4 nitrogen and oxygen atoms in total. The third-order valence-corrected chi connectivity index (χ3v) is 4.37. The number of nitrogens with zero attached hydrogens (tertiary/aromatic N) is 1. The first kappa shape index (κ1) is 16.8. The predicted octanol–water partition coefficient (Wildman–Crippen LogP) is 2.54. The molecule has 110 valence electrons. The molecule has 5 heteroatoms. The highest BCUT2D eigenvalue weighted by atomic mass is 32.2. The van der Waals surface area contributed by atoms with Crippen LogP contribution in [0.2, 0.25) is 0 Å². The maximum absolute atomic E-state index is 12.1. The van der Waals surface area contributed by atoms with E-state index in [2.05, 4.69) is 10.8 Å². The van der Waals surface area contributed by atoms with Crippen LogP contribution in [0.1, 0.15) is 33.3 Å². The zero-order valence-electron chi connectivity index (χ0n) is 12.5. The molecule has 0 saturated heterocycles. The van der Waals surface area contributed by atoms with Crippen LogP contribution in [-0.2, 0) is 22.3 Å². The second-order valence-electron chi connectivity index (χ2n) is 5.91. The highest BCUT2D eigenvalue weighted by Gasteiger charge is 2.31. The van der Waals surface area contributed by atoms with Crippen LogP contribution in [0.15, 0.2) is 30.3 Å². The van der Waals surface area contributed by atoms with Crippen LogP contribution in [0, 0.1) is 11.3 Å². The van der Waals surface area contributed by atoms with Crippen LogP contribution in [0.5, 0.6) is 0 Å². The third kappa shape index (κ3) is 5.41. The smallest absolute Gasteiger partial charge is 0.138 e. The van der Waals surface area contributed by atoms with Crippen LogP contribution in [-0.4, -0.2) is 21.1 Å². The van der Waals surface area contributed by atoms with Crippen molar-refractivity contribution in [2.75, 3.05) is 6.61 Å². The molecule has 0 radical (unpaired) electrons. The van der Waals surface area contributed by atoms with Gasteiger partial charge >= 0.3 is 0 Å². The monoisotopic (exact) mass is 294 g/mol. The molecule has 0 spiro atoms. The van der Waals surface area contributed by atoms with Gasteiger partial charge in [-0.2, -0.15) is 5.26 Å². The highest BCUT2D eigenvalue weighted by Crippen LogP contribution is 2.14. The van der Waals surface area contributed by atoms with Gasteiger partial charge in [-0.1, -0.05) is 30.3 Å². The lowest BCUT2D eigenvalue weighted by atomic mass is 10.1. The number of hydrogen-bond donors (Lipinski definition) is 1. The first-order valence-electron chi connectivity index (χ1n) is 6.49. The minimum absolute atomic E-state index is 0.181. The van der Waals surface area contributed by atoms with Crippen LogP contribution in [0.3, 0.4) is 0 Å². The molecule has 0 fully saturated rings. The molecule has 1 rings (SSSR count). The minimum Gasteiger partial charge on any atom is -0.374 e. The molecule has 0 aliphatic carbocycles. The maximum Gasteiger partial charge on any atom is 0.138 e. The van der Waals surface area contributed by atoms with E-state index in [1.54, 1.807) is 6.92 Å². The Morgan fingerprint density at radius 2 is 1.85 bits per heavy atom. The molecular weight excluding hydrogens is 272 g/mol. The van der Waals surface area contributed by atoms with Gasteiger partial charge in [-0.05, 0) is 33.3 Å². The van der Waals surface area contributed by atoms with E-state index in [0.29, 0.717) is 6.61 Å². The Labute approximate surface area is 123 Å². The van der Waals surface area contributed by atoms with Gasteiger partial charge in [-0.25, -0.2) is 8.93 Å². The molecule has 0 saturated carbocycles. The van der Waals surface area contributed by atoms with E-state index in [9.17, 15) is 9.47 Å². The molecule has 0 unspecified atom stereocenters. The van der Waals surface area contributed by atoms with Crippen molar-refractivity contribution in [1.82, 2.24) is 4.72 Å². The number of benzene rings is 1. The van der Waals surface area contributed by atoms with E-state index >= 15 is 0 Å². The highest BCUT2D eigenvalue weighted by molar-refractivity contribution is 7.84. The van der Waals surface area contributed by atoms with Gasteiger partial charge in [0.1, 0.15) is 5.54 Å². The fraction of sp³-hybridized carbons (Fsp3) is 0.533. The first-order valence-corrected chi connectivity index (χ1v) is 7.64. The van der Waals surface area contributed by atoms with Gasteiger partial charge in [-0.3, -0.25) is 0 Å². The number of hydrogen-bond acceptors (Lipinski definition) is 3. The zero-order valence-corrected chi connectivity index (χ0v) is 13.3. The summed E-state index contributed by atoms with van der Waals surface area (Å²) in [7, 11) is -1.31. The molecule has 0 bridgehead atoms. The summed E-state index contributed by atoms with van der Waals surface area (Å²) in [5.41, 5.74) is 0.0807. The lowest BCUT2D eigenvalue weighted by Crippen LogP contribution is -2.50. The molecule has 1 aromatic rings. The summed E-state index contributed by atoms with van der Waals surface area (Å²) in [6, 6.07) is 11.9. The lowest BCUT2D eigenvalue weighted by Gasteiger charge is -2.27. The van der Waals surface area contributed by atoms with Crippen molar-refractivity contribution < 1.29 is 8.95 Å². The van der Waals surface area contributed by atoms with Gasteiger partial charge in [0.05, 0.1) is 35.0 Å². The second-order valence-corrected chi connectivity index (χ2v) is 7.87. The topological polar surface area (TPSA) is 62.1 Å². The SMILES string of the molecule is CC(C)(C)[S@@](=O)N[C@](C)(C#N)COCc1ccccc1. The zero-order chi connectivity index (χ0) is 15.2. The van der Waals surface area contributed by atoms with Crippen molar-refractivity contribution in [3.8, 4) is 6.07 Å². The lowest BCUT2D eigenvalue weighted by molar-refractivity contribution is 0.0908. The fourth-order valence-corrected chi connectivity index (χ4v) is 2.21. The normalized spacial score (nSPS) is 16.1. The van der Waals surface area contributed by atoms with Crippen LogP contribution < -0.4 is 4.72 Å². The van der Waals surface area contributed by atoms with Gasteiger partial charge in [0.25, 0.3) is 0 Å². The summed E-state index contributed by atoms with van der Waals surface area (Å²) >= 11 is 0. The molecule has 1 aromatic carbocycles.